The number of allylic oxidation sites excluding steroid dienone is 2. The summed E-state index contributed by atoms with van der Waals surface area (Å²) in [5.74, 6) is -0.0625. The Labute approximate surface area is 195 Å². The van der Waals surface area contributed by atoms with Crippen LogP contribution in [0.2, 0.25) is 0 Å². The monoisotopic (exact) mass is 641 g/mol. The molecule has 2 aromatic carbocycles. The molecule has 30 heavy (non-hydrogen) atoms. The van der Waals surface area contributed by atoms with Crippen molar-refractivity contribution >= 4 is 39.6 Å². The van der Waals surface area contributed by atoms with Gasteiger partial charge in [0.05, 0.1) is 5.76 Å². The first kappa shape index (κ1) is 22.6. The van der Waals surface area contributed by atoms with Gasteiger partial charge in [-0.3, -0.25) is 4.79 Å². The van der Waals surface area contributed by atoms with E-state index in [1.54, 1.807) is 0 Å². The molecule has 0 spiro atoms. The number of rotatable bonds is 1. The van der Waals surface area contributed by atoms with Gasteiger partial charge in [-0.05, 0) is 13.8 Å². The van der Waals surface area contributed by atoms with Crippen molar-refractivity contribution in [2.45, 2.75) is 33.1 Å². The molecule has 0 saturated carbocycles. The molecule has 0 amide bonds. The largest absolute Gasteiger partial charge is 0 e. The minimum Gasteiger partial charge on any atom is 0 e. The zero-order chi connectivity index (χ0) is 20.8. The molecule has 4 aromatic rings. The van der Waals surface area contributed by atoms with E-state index in [2.05, 4.69) is 62.4 Å². The zero-order valence-electron chi connectivity index (χ0n) is 17.2. The van der Waals surface area contributed by atoms with Gasteiger partial charge in [-0.2, -0.15) is 0 Å². The minimum atomic E-state index is -0.125. The van der Waals surface area contributed by atoms with Crippen molar-refractivity contribution < 1.29 is 30.0 Å². The maximum Gasteiger partial charge on any atom is 0 e. The standard InChI is InChI=1S/C20H14NSe.C5H8O2.Ir/c1-20(2)13-7-4-10-16-18(13)17-12(6-3-9-15(17)22-16)19-14(20)8-5-11-21-19;1-4(6)3-5(2)7;/h3-5,7-11H,1-2H3;3,6H,1-2H3;/q-1;;/b;4-3-;. The number of benzene rings is 2. The fourth-order valence-electron chi connectivity index (χ4n) is 4.06. The Balaban J connectivity index is 0.000000281. The van der Waals surface area contributed by atoms with E-state index >= 15 is 0 Å². The average Bonchev–Trinajstić information content (AvgIpc) is 3.02. The second-order valence-electron chi connectivity index (χ2n) is 7.79. The number of ketones is 1. The number of pyridine rings is 1. The molecule has 0 atom stereocenters. The number of aliphatic hydroxyl groups is 1. The Morgan fingerprint density at radius 2 is 1.77 bits per heavy atom. The number of hydrogen-bond donors (Lipinski definition) is 1. The van der Waals surface area contributed by atoms with Gasteiger partial charge < -0.3 is 5.11 Å². The quantitative estimate of drug-likeness (QED) is 0.128. The summed E-state index contributed by atoms with van der Waals surface area (Å²) in [6.07, 6.45) is 3.07. The molecule has 155 valence electrons. The second-order valence-corrected chi connectivity index (χ2v) is 10.1. The third kappa shape index (κ3) is 3.84. The first-order valence-electron chi connectivity index (χ1n) is 9.51. The van der Waals surface area contributed by atoms with Crippen molar-refractivity contribution in [2.24, 2.45) is 0 Å². The van der Waals surface area contributed by atoms with E-state index in [1.807, 2.05) is 6.20 Å². The summed E-state index contributed by atoms with van der Waals surface area (Å²) in [7, 11) is 0. The van der Waals surface area contributed by atoms with Gasteiger partial charge in [0.1, 0.15) is 0 Å². The summed E-state index contributed by atoms with van der Waals surface area (Å²) in [5.41, 5.74) is 4.98. The van der Waals surface area contributed by atoms with Gasteiger partial charge in [-0.1, -0.05) is 0 Å². The smallest absolute Gasteiger partial charge is 0 e. The number of hydrogen-bond acceptors (Lipinski definition) is 3. The fraction of sp³-hybridized carbons (Fsp3) is 0.200. The molecule has 1 N–H and O–H groups in total. The van der Waals surface area contributed by atoms with Crippen molar-refractivity contribution in [3.8, 4) is 11.3 Å². The fourth-order valence-corrected chi connectivity index (χ4v) is 6.45. The van der Waals surface area contributed by atoms with Crippen molar-refractivity contribution in [3.05, 3.63) is 77.7 Å². The molecule has 0 bridgehead atoms. The van der Waals surface area contributed by atoms with Crippen LogP contribution in [0, 0.1) is 6.07 Å². The van der Waals surface area contributed by atoms with Crippen LogP contribution in [0.3, 0.4) is 0 Å². The topological polar surface area (TPSA) is 50.2 Å². The van der Waals surface area contributed by atoms with Gasteiger partial charge in [-0.15, -0.1) is 0 Å². The molecule has 0 aliphatic heterocycles. The number of aromatic nitrogens is 1. The van der Waals surface area contributed by atoms with Crippen LogP contribution in [0.1, 0.15) is 38.8 Å². The van der Waals surface area contributed by atoms with Crippen molar-refractivity contribution in [1.82, 2.24) is 4.98 Å². The SMILES string of the molecule is CC(=O)/C=C(/C)O.CC1(C)c2cccnc2-c2[c-]ccc3[se]c4cccc1c4c23.[Ir]. The van der Waals surface area contributed by atoms with Gasteiger partial charge in [0.2, 0.25) is 0 Å². The second kappa shape index (κ2) is 8.61. The zero-order valence-corrected chi connectivity index (χ0v) is 21.3. The maximum absolute atomic E-state index is 10.0. The number of nitrogens with zero attached hydrogens (tertiary/aromatic N) is 1. The molecule has 0 fully saturated rings. The molecular weight excluding hydrogens is 617 g/mol. The van der Waals surface area contributed by atoms with Crippen molar-refractivity contribution in [3.63, 3.8) is 0 Å². The van der Waals surface area contributed by atoms with Crippen LogP contribution in [0.25, 0.3) is 30.6 Å². The first-order chi connectivity index (χ1) is 13.8. The maximum atomic E-state index is 10.0. The minimum absolute atomic E-state index is 0. The Morgan fingerprint density at radius 3 is 2.43 bits per heavy atom. The van der Waals surface area contributed by atoms with Crippen LogP contribution in [-0.2, 0) is 30.3 Å². The van der Waals surface area contributed by atoms with E-state index in [4.69, 9.17) is 10.1 Å². The van der Waals surface area contributed by atoms with Gasteiger partial charge in [-0.25, -0.2) is 0 Å². The van der Waals surface area contributed by atoms with Crippen LogP contribution in [0.15, 0.2) is 60.5 Å². The Kier molecular flexibility index (Phi) is 6.50. The molecule has 5 rings (SSSR count). The van der Waals surface area contributed by atoms with Gasteiger partial charge in [0, 0.05) is 26.2 Å². The molecule has 0 saturated heterocycles. The van der Waals surface area contributed by atoms with Crippen LogP contribution in [-0.4, -0.2) is 30.4 Å². The molecular formula is C25H22IrNO2Se-. The van der Waals surface area contributed by atoms with E-state index in [1.165, 1.54) is 55.9 Å². The number of fused-ring (bicyclic) bond motifs is 2. The number of aliphatic hydroxyl groups excluding tert-OH is 1. The van der Waals surface area contributed by atoms with Crippen LogP contribution >= 0.6 is 0 Å². The summed E-state index contributed by atoms with van der Waals surface area (Å²) < 4.78 is 2.97. The van der Waals surface area contributed by atoms with E-state index in [0.717, 1.165) is 5.69 Å². The number of carbonyl (C=O) groups excluding carboxylic acids is 1. The average molecular weight is 640 g/mol. The first-order valence-corrected chi connectivity index (χ1v) is 11.2. The Morgan fingerprint density at radius 1 is 1.07 bits per heavy atom. The summed E-state index contributed by atoms with van der Waals surface area (Å²) in [4.78, 5) is 14.8. The molecule has 1 radical (unpaired) electrons. The van der Waals surface area contributed by atoms with E-state index < -0.39 is 0 Å². The van der Waals surface area contributed by atoms with Crippen molar-refractivity contribution in [2.75, 3.05) is 0 Å². The summed E-state index contributed by atoms with van der Waals surface area (Å²) in [5, 5.41) is 11.2. The van der Waals surface area contributed by atoms with Gasteiger partial charge >= 0.3 is 135 Å². The van der Waals surface area contributed by atoms with Crippen LogP contribution in [0.4, 0.5) is 0 Å². The van der Waals surface area contributed by atoms with Gasteiger partial charge in [0.15, 0.2) is 5.78 Å². The van der Waals surface area contributed by atoms with E-state index in [0.29, 0.717) is 14.5 Å². The van der Waals surface area contributed by atoms with E-state index in [9.17, 15) is 4.79 Å². The predicted molar refractivity (Wildman–Crippen MR) is 120 cm³/mol. The number of carbonyl (C=O) groups is 1. The van der Waals surface area contributed by atoms with Crippen LogP contribution in [0.5, 0.6) is 0 Å². The third-order valence-corrected chi connectivity index (χ3v) is 7.61. The predicted octanol–water partition coefficient (Wildman–Crippen LogP) is 5.59. The van der Waals surface area contributed by atoms with Gasteiger partial charge in [0.25, 0.3) is 0 Å². The summed E-state index contributed by atoms with van der Waals surface area (Å²) in [6.45, 7) is 7.49. The summed E-state index contributed by atoms with van der Waals surface area (Å²) in [6, 6.07) is 18.9. The summed E-state index contributed by atoms with van der Waals surface area (Å²) >= 11 is 0.396. The normalized spacial score (nSPS) is 13.8. The van der Waals surface area contributed by atoms with Crippen molar-refractivity contribution in [1.29, 1.82) is 0 Å². The molecule has 2 aromatic heterocycles. The molecule has 0 unspecified atom stereocenters. The van der Waals surface area contributed by atoms with E-state index in [-0.39, 0.29) is 37.1 Å². The Bertz CT molecular complexity index is 1280. The third-order valence-electron chi connectivity index (χ3n) is 5.26. The molecule has 1 aliphatic rings. The Hall–Kier alpha value is -2.03. The molecule has 5 heteroatoms. The molecule has 2 heterocycles. The molecule has 1 aliphatic carbocycles. The molecule has 3 nitrogen and oxygen atoms in total. The van der Waals surface area contributed by atoms with Crippen LogP contribution < -0.4 is 0 Å².